The summed E-state index contributed by atoms with van der Waals surface area (Å²) in [6.45, 7) is 9.29. The van der Waals surface area contributed by atoms with E-state index >= 15 is 0 Å². The van der Waals surface area contributed by atoms with Crippen LogP contribution in [0.15, 0.2) is 18.5 Å². The lowest BCUT2D eigenvalue weighted by atomic mass is 10.2. The maximum absolute atomic E-state index is 5.74. The zero-order chi connectivity index (χ0) is 12.6. The van der Waals surface area contributed by atoms with Gasteiger partial charge in [-0.15, -0.1) is 0 Å². The molecular weight excluding hydrogens is 228 g/mol. The molecule has 1 atom stereocenters. The molecule has 2 heterocycles. The maximum Gasteiger partial charge on any atom is 0.0826 e. The van der Waals surface area contributed by atoms with Gasteiger partial charge in [0.05, 0.1) is 12.7 Å². The quantitative estimate of drug-likeness (QED) is 0.721. The fourth-order valence-corrected chi connectivity index (χ4v) is 2.25. The van der Waals surface area contributed by atoms with Crippen LogP contribution in [-0.2, 0) is 11.3 Å². The molecule has 1 aromatic rings. The third kappa shape index (κ3) is 4.40. The molecule has 0 aromatic carbocycles. The Morgan fingerprint density at radius 1 is 1.50 bits per heavy atom. The molecule has 0 radical (unpaired) electrons. The van der Waals surface area contributed by atoms with Gasteiger partial charge in [-0.2, -0.15) is 5.10 Å². The highest BCUT2D eigenvalue weighted by Gasteiger charge is 2.18. The van der Waals surface area contributed by atoms with E-state index < -0.39 is 0 Å². The van der Waals surface area contributed by atoms with Gasteiger partial charge >= 0.3 is 0 Å². The molecule has 0 spiro atoms. The third-order valence-corrected chi connectivity index (χ3v) is 3.34. The van der Waals surface area contributed by atoms with Gasteiger partial charge in [0, 0.05) is 38.6 Å². The van der Waals surface area contributed by atoms with Crippen molar-refractivity contribution in [2.75, 3.05) is 39.3 Å². The van der Waals surface area contributed by atoms with Gasteiger partial charge < -0.3 is 10.1 Å². The Morgan fingerprint density at radius 2 is 2.44 bits per heavy atom. The number of hydrogen-bond acceptors (Lipinski definition) is 4. The number of ether oxygens (including phenoxy) is 1. The first-order valence-electron chi connectivity index (χ1n) is 6.90. The molecule has 18 heavy (non-hydrogen) atoms. The summed E-state index contributed by atoms with van der Waals surface area (Å²) in [5.74, 6) is 0. The van der Waals surface area contributed by atoms with Crippen LogP contribution in [0.25, 0.3) is 0 Å². The van der Waals surface area contributed by atoms with E-state index in [1.807, 2.05) is 23.1 Å². The van der Waals surface area contributed by atoms with Crippen LogP contribution in [0.5, 0.6) is 0 Å². The number of rotatable bonds is 7. The molecule has 2 rings (SSSR count). The highest BCUT2D eigenvalue weighted by Crippen LogP contribution is 2.03. The normalized spacial score (nSPS) is 21.3. The van der Waals surface area contributed by atoms with Crippen LogP contribution >= 0.6 is 0 Å². The molecule has 1 unspecified atom stereocenters. The van der Waals surface area contributed by atoms with Crippen LogP contribution in [-0.4, -0.2) is 60.1 Å². The summed E-state index contributed by atoms with van der Waals surface area (Å²) in [6, 6.07) is 1.96. The van der Waals surface area contributed by atoms with Gasteiger partial charge in [-0.25, -0.2) is 0 Å². The van der Waals surface area contributed by atoms with Crippen molar-refractivity contribution in [3.8, 4) is 0 Å². The molecule has 5 heteroatoms. The fourth-order valence-electron chi connectivity index (χ4n) is 2.25. The zero-order valence-electron chi connectivity index (χ0n) is 11.2. The highest BCUT2D eigenvalue weighted by atomic mass is 16.5. The third-order valence-electron chi connectivity index (χ3n) is 3.34. The zero-order valence-corrected chi connectivity index (χ0v) is 11.2. The second-order valence-corrected chi connectivity index (χ2v) is 4.71. The smallest absolute Gasteiger partial charge is 0.0826 e. The number of morpholine rings is 1. The molecule has 0 aliphatic carbocycles. The second-order valence-electron chi connectivity index (χ2n) is 4.71. The molecule has 1 aliphatic heterocycles. The summed E-state index contributed by atoms with van der Waals surface area (Å²) in [7, 11) is 0. The summed E-state index contributed by atoms with van der Waals surface area (Å²) in [5.41, 5.74) is 0. The van der Waals surface area contributed by atoms with Gasteiger partial charge in [0.15, 0.2) is 0 Å². The predicted octanol–water partition coefficient (Wildman–Crippen LogP) is 0.584. The lowest BCUT2D eigenvalue weighted by Gasteiger charge is -2.32. The standard InChI is InChI=1S/C13H24N4O/c1-2-16-9-10-18-13(12-16)11-14-5-3-7-17-8-4-6-15-17/h4,6,8,13-14H,2-3,5,7,9-12H2,1H3. The molecular formula is C13H24N4O. The number of hydrogen-bond donors (Lipinski definition) is 1. The minimum Gasteiger partial charge on any atom is -0.374 e. The summed E-state index contributed by atoms with van der Waals surface area (Å²) in [4.78, 5) is 2.44. The van der Waals surface area contributed by atoms with Crippen molar-refractivity contribution in [2.45, 2.75) is 26.0 Å². The van der Waals surface area contributed by atoms with E-state index in [0.717, 1.165) is 52.3 Å². The summed E-state index contributed by atoms with van der Waals surface area (Å²) < 4.78 is 7.71. The van der Waals surface area contributed by atoms with Crippen LogP contribution < -0.4 is 5.32 Å². The molecule has 1 N–H and O–H groups in total. The van der Waals surface area contributed by atoms with Crippen molar-refractivity contribution in [2.24, 2.45) is 0 Å². The van der Waals surface area contributed by atoms with Gasteiger partial charge in [-0.3, -0.25) is 9.58 Å². The second kappa shape index (κ2) is 7.51. The topological polar surface area (TPSA) is 42.3 Å². The van der Waals surface area contributed by atoms with E-state index in [2.05, 4.69) is 22.2 Å². The number of likely N-dealkylation sites (N-methyl/N-ethyl adjacent to an activating group) is 1. The molecule has 5 nitrogen and oxygen atoms in total. The fraction of sp³-hybridized carbons (Fsp3) is 0.769. The summed E-state index contributed by atoms with van der Waals surface area (Å²) >= 11 is 0. The highest BCUT2D eigenvalue weighted by molar-refractivity contribution is 4.77. The Hall–Kier alpha value is -0.910. The van der Waals surface area contributed by atoms with E-state index in [9.17, 15) is 0 Å². The van der Waals surface area contributed by atoms with Gasteiger partial charge in [0.1, 0.15) is 0 Å². The first-order chi connectivity index (χ1) is 8.88. The van der Waals surface area contributed by atoms with Gasteiger partial charge in [-0.1, -0.05) is 6.92 Å². The molecule has 1 aromatic heterocycles. The summed E-state index contributed by atoms with van der Waals surface area (Å²) in [5, 5.41) is 7.65. The number of aromatic nitrogens is 2. The Kier molecular flexibility index (Phi) is 5.64. The van der Waals surface area contributed by atoms with Crippen molar-refractivity contribution in [1.82, 2.24) is 20.0 Å². The van der Waals surface area contributed by atoms with E-state index in [-0.39, 0.29) is 0 Å². The van der Waals surface area contributed by atoms with Crippen molar-refractivity contribution in [1.29, 1.82) is 0 Å². The van der Waals surface area contributed by atoms with Crippen molar-refractivity contribution < 1.29 is 4.74 Å². The Bertz CT molecular complexity index is 315. The van der Waals surface area contributed by atoms with Crippen LogP contribution in [0.2, 0.25) is 0 Å². The van der Waals surface area contributed by atoms with E-state index in [4.69, 9.17) is 4.74 Å². The van der Waals surface area contributed by atoms with Crippen LogP contribution in [0, 0.1) is 0 Å². The monoisotopic (exact) mass is 252 g/mol. The Labute approximate surface area is 109 Å². The number of aryl methyl sites for hydroxylation is 1. The molecule has 0 saturated carbocycles. The molecule has 1 saturated heterocycles. The van der Waals surface area contributed by atoms with Crippen molar-refractivity contribution in [3.05, 3.63) is 18.5 Å². The van der Waals surface area contributed by atoms with Gasteiger partial charge in [0.25, 0.3) is 0 Å². The molecule has 0 bridgehead atoms. The molecule has 102 valence electrons. The van der Waals surface area contributed by atoms with Gasteiger partial charge in [-0.05, 0) is 25.6 Å². The first kappa shape index (κ1) is 13.5. The van der Waals surface area contributed by atoms with Crippen LogP contribution in [0.3, 0.4) is 0 Å². The Morgan fingerprint density at radius 3 is 3.22 bits per heavy atom. The van der Waals surface area contributed by atoms with Crippen LogP contribution in [0.4, 0.5) is 0 Å². The minimum absolute atomic E-state index is 0.350. The summed E-state index contributed by atoms with van der Waals surface area (Å²) in [6.07, 6.45) is 5.28. The number of nitrogens with one attached hydrogen (secondary N) is 1. The van der Waals surface area contributed by atoms with Crippen molar-refractivity contribution >= 4 is 0 Å². The average molecular weight is 252 g/mol. The SMILES string of the molecule is CCN1CCOC(CNCCCn2cccn2)C1. The van der Waals surface area contributed by atoms with E-state index in [1.54, 1.807) is 0 Å². The van der Waals surface area contributed by atoms with Crippen LogP contribution in [0.1, 0.15) is 13.3 Å². The largest absolute Gasteiger partial charge is 0.374 e. The van der Waals surface area contributed by atoms with Crippen molar-refractivity contribution in [3.63, 3.8) is 0 Å². The molecule has 1 aliphatic rings. The predicted molar refractivity (Wildman–Crippen MR) is 71.6 cm³/mol. The maximum atomic E-state index is 5.74. The molecule has 0 amide bonds. The van der Waals surface area contributed by atoms with E-state index in [0.29, 0.717) is 6.10 Å². The average Bonchev–Trinajstić information content (AvgIpc) is 2.92. The Balaban J connectivity index is 1.52. The van der Waals surface area contributed by atoms with Gasteiger partial charge in [0.2, 0.25) is 0 Å². The number of nitrogens with zero attached hydrogens (tertiary/aromatic N) is 3. The lowest BCUT2D eigenvalue weighted by Crippen LogP contribution is -2.46. The van der Waals surface area contributed by atoms with E-state index in [1.165, 1.54) is 0 Å². The molecule has 1 fully saturated rings. The lowest BCUT2D eigenvalue weighted by molar-refractivity contribution is -0.0251. The first-order valence-corrected chi connectivity index (χ1v) is 6.90. The minimum atomic E-state index is 0.350.